The Balaban J connectivity index is 2.20. The zero-order valence-corrected chi connectivity index (χ0v) is 8.40. The molecule has 0 radical (unpaired) electrons. The second kappa shape index (κ2) is 3.50. The summed E-state index contributed by atoms with van der Waals surface area (Å²) in [6, 6.07) is 6.02. The van der Waals surface area contributed by atoms with Gasteiger partial charge in [0.25, 0.3) is 0 Å². The Morgan fingerprint density at radius 3 is 2.86 bits per heavy atom. The number of hydrogen-bond acceptors (Lipinski definition) is 3. The number of anilines is 2. The van der Waals surface area contributed by atoms with Crippen molar-refractivity contribution in [3.05, 3.63) is 23.8 Å². The first-order valence-electron chi connectivity index (χ1n) is 4.96. The SMILES string of the molecule is Cc1cc(N2CC[C@H](O)C2)ccc1N. The summed E-state index contributed by atoms with van der Waals surface area (Å²) in [5.74, 6) is 0. The Bertz CT molecular complexity index is 338. The molecule has 0 spiro atoms. The number of benzene rings is 1. The second-order valence-electron chi connectivity index (χ2n) is 3.93. The van der Waals surface area contributed by atoms with Gasteiger partial charge in [0.1, 0.15) is 0 Å². The van der Waals surface area contributed by atoms with E-state index in [1.807, 2.05) is 19.1 Å². The second-order valence-corrected chi connectivity index (χ2v) is 3.93. The van der Waals surface area contributed by atoms with Crippen LogP contribution in [0.25, 0.3) is 0 Å². The van der Waals surface area contributed by atoms with E-state index in [1.54, 1.807) is 0 Å². The molecule has 2 rings (SSSR count). The Morgan fingerprint density at radius 2 is 2.29 bits per heavy atom. The molecule has 3 N–H and O–H groups in total. The van der Waals surface area contributed by atoms with Crippen molar-refractivity contribution in [2.24, 2.45) is 0 Å². The predicted molar refractivity (Wildman–Crippen MR) is 58.4 cm³/mol. The van der Waals surface area contributed by atoms with Crippen LogP contribution in [0.2, 0.25) is 0 Å². The van der Waals surface area contributed by atoms with E-state index < -0.39 is 0 Å². The van der Waals surface area contributed by atoms with Gasteiger partial charge in [0.15, 0.2) is 0 Å². The van der Waals surface area contributed by atoms with Crippen LogP contribution in [0, 0.1) is 6.92 Å². The number of nitrogens with zero attached hydrogens (tertiary/aromatic N) is 1. The first-order chi connectivity index (χ1) is 6.66. The molecule has 3 nitrogen and oxygen atoms in total. The van der Waals surface area contributed by atoms with E-state index in [9.17, 15) is 5.11 Å². The highest BCUT2D eigenvalue weighted by molar-refractivity contribution is 5.58. The van der Waals surface area contributed by atoms with Crippen molar-refractivity contribution in [2.75, 3.05) is 23.7 Å². The summed E-state index contributed by atoms with van der Waals surface area (Å²) in [6.07, 6.45) is 0.691. The minimum absolute atomic E-state index is 0.173. The number of rotatable bonds is 1. The van der Waals surface area contributed by atoms with E-state index in [1.165, 1.54) is 0 Å². The Kier molecular flexibility index (Phi) is 2.33. The van der Waals surface area contributed by atoms with E-state index in [0.717, 1.165) is 36.4 Å². The van der Waals surface area contributed by atoms with Crippen molar-refractivity contribution in [2.45, 2.75) is 19.4 Å². The van der Waals surface area contributed by atoms with Crippen molar-refractivity contribution in [1.29, 1.82) is 0 Å². The zero-order chi connectivity index (χ0) is 10.1. The topological polar surface area (TPSA) is 49.5 Å². The van der Waals surface area contributed by atoms with Crippen LogP contribution in [0.3, 0.4) is 0 Å². The summed E-state index contributed by atoms with van der Waals surface area (Å²) >= 11 is 0. The standard InChI is InChI=1S/C11H16N2O/c1-8-6-9(2-3-11(8)12)13-5-4-10(14)7-13/h2-3,6,10,14H,4-5,7,12H2,1H3/t10-/m0/s1. The van der Waals surface area contributed by atoms with Gasteiger partial charge in [0.2, 0.25) is 0 Å². The van der Waals surface area contributed by atoms with Crippen molar-refractivity contribution < 1.29 is 5.11 Å². The molecule has 1 aliphatic rings. The number of hydrogen-bond donors (Lipinski definition) is 2. The van der Waals surface area contributed by atoms with Gasteiger partial charge in [-0.05, 0) is 37.1 Å². The normalized spacial score (nSPS) is 21.6. The molecule has 1 heterocycles. The summed E-state index contributed by atoms with van der Waals surface area (Å²) < 4.78 is 0. The lowest BCUT2D eigenvalue weighted by atomic mass is 10.2. The lowest BCUT2D eigenvalue weighted by molar-refractivity contribution is 0.198. The number of nitrogen functional groups attached to an aromatic ring is 1. The molecule has 0 aliphatic carbocycles. The molecule has 14 heavy (non-hydrogen) atoms. The highest BCUT2D eigenvalue weighted by atomic mass is 16.3. The van der Waals surface area contributed by atoms with Crippen LogP contribution in [0.4, 0.5) is 11.4 Å². The van der Waals surface area contributed by atoms with E-state index in [2.05, 4.69) is 11.0 Å². The van der Waals surface area contributed by atoms with Gasteiger partial charge < -0.3 is 15.7 Å². The molecule has 0 amide bonds. The van der Waals surface area contributed by atoms with Crippen LogP contribution in [0.1, 0.15) is 12.0 Å². The number of aryl methyl sites for hydroxylation is 1. The average Bonchev–Trinajstić information content (AvgIpc) is 2.57. The van der Waals surface area contributed by atoms with Gasteiger partial charge in [-0.2, -0.15) is 0 Å². The fourth-order valence-electron chi connectivity index (χ4n) is 1.83. The van der Waals surface area contributed by atoms with Crippen molar-refractivity contribution in [3.63, 3.8) is 0 Å². The summed E-state index contributed by atoms with van der Waals surface area (Å²) in [4.78, 5) is 2.19. The molecule has 0 aromatic heterocycles. The van der Waals surface area contributed by atoms with Crippen LogP contribution < -0.4 is 10.6 Å². The number of aliphatic hydroxyl groups is 1. The molecule has 1 aromatic rings. The molecule has 0 unspecified atom stereocenters. The minimum atomic E-state index is -0.173. The highest BCUT2D eigenvalue weighted by Gasteiger charge is 2.20. The Hall–Kier alpha value is -1.22. The summed E-state index contributed by atoms with van der Waals surface area (Å²) in [5, 5.41) is 9.42. The van der Waals surface area contributed by atoms with Crippen LogP contribution in [0.15, 0.2) is 18.2 Å². The summed E-state index contributed by atoms with van der Waals surface area (Å²) in [6.45, 7) is 3.68. The maximum Gasteiger partial charge on any atom is 0.0731 e. The first kappa shape index (κ1) is 9.34. The van der Waals surface area contributed by atoms with Crippen LogP contribution in [-0.4, -0.2) is 24.3 Å². The molecule has 1 aromatic carbocycles. The van der Waals surface area contributed by atoms with Gasteiger partial charge in [-0.25, -0.2) is 0 Å². The van der Waals surface area contributed by atoms with Gasteiger partial charge in [0.05, 0.1) is 6.10 Å². The quantitative estimate of drug-likeness (QED) is 0.656. The molecule has 0 saturated carbocycles. The number of aliphatic hydroxyl groups excluding tert-OH is 1. The first-order valence-corrected chi connectivity index (χ1v) is 4.96. The third kappa shape index (κ3) is 1.68. The molecule has 1 saturated heterocycles. The third-order valence-electron chi connectivity index (χ3n) is 2.78. The zero-order valence-electron chi connectivity index (χ0n) is 8.40. The van der Waals surface area contributed by atoms with Gasteiger partial charge in [-0.1, -0.05) is 0 Å². The van der Waals surface area contributed by atoms with Crippen LogP contribution in [0.5, 0.6) is 0 Å². The molecule has 0 bridgehead atoms. The summed E-state index contributed by atoms with van der Waals surface area (Å²) in [7, 11) is 0. The molecule has 3 heteroatoms. The molecular formula is C11H16N2O. The highest BCUT2D eigenvalue weighted by Crippen LogP contribution is 2.23. The van der Waals surface area contributed by atoms with Gasteiger partial charge in [-0.15, -0.1) is 0 Å². The average molecular weight is 192 g/mol. The van der Waals surface area contributed by atoms with Gasteiger partial charge >= 0.3 is 0 Å². The van der Waals surface area contributed by atoms with Crippen molar-refractivity contribution >= 4 is 11.4 Å². The van der Waals surface area contributed by atoms with Crippen LogP contribution in [-0.2, 0) is 0 Å². The van der Waals surface area contributed by atoms with Gasteiger partial charge in [0, 0.05) is 24.5 Å². The number of β-amino-alcohol motifs (C(OH)–C–C–N with tert-alkyl or cyclic N) is 1. The third-order valence-corrected chi connectivity index (χ3v) is 2.78. The molecule has 1 atom stereocenters. The monoisotopic (exact) mass is 192 g/mol. The molecular weight excluding hydrogens is 176 g/mol. The number of nitrogens with two attached hydrogens (primary N) is 1. The minimum Gasteiger partial charge on any atom is -0.399 e. The Labute approximate surface area is 84.1 Å². The van der Waals surface area contributed by atoms with E-state index >= 15 is 0 Å². The summed E-state index contributed by atoms with van der Waals surface area (Å²) in [5.41, 5.74) is 8.84. The Morgan fingerprint density at radius 1 is 1.50 bits per heavy atom. The lowest BCUT2D eigenvalue weighted by Gasteiger charge is -2.18. The van der Waals surface area contributed by atoms with Gasteiger partial charge in [-0.3, -0.25) is 0 Å². The van der Waals surface area contributed by atoms with Crippen molar-refractivity contribution in [1.82, 2.24) is 0 Å². The largest absolute Gasteiger partial charge is 0.399 e. The van der Waals surface area contributed by atoms with E-state index in [-0.39, 0.29) is 6.10 Å². The molecule has 1 fully saturated rings. The smallest absolute Gasteiger partial charge is 0.0731 e. The maximum absolute atomic E-state index is 9.42. The maximum atomic E-state index is 9.42. The fraction of sp³-hybridized carbons (Fsp3) is 0.455. The molecule has 76 valence electrons. The van der Waals surface area contributed by atoms with E-state index in [4.69, 9.17) is 5.73 Å². The fourth-order valence-corrected chi connectivity index (χ4v) is 1.83. The van der Waals surface area contributed by atoms with E-state index in [0.29, 0.717) is 0 Å². The lowest BCUT2D eigenvalue weighted by Crippen LogP contribution is -2.21. The predicted octanol–water partition coefficient (Wildman–Crippen LogP) is 1.15. The molecule has 1 aliphatic heterocycles. The van der Waals surface area contributed by atoms with Crippen LogP contribution >= 0.6 is 0 Å². The van der Waals surface area contributed by atoms with Crippen molar-refractivity contribution in [3.8, 4) is 0 Å².